The zero-order chi connectivity index (χ0) is 7.11. The predicted octanol–water partition coefficient (Wildman–Crippen LogP) is 2.43. The number of rotatable bonds is 5. The van der Waals surface area contributed by atoms with Gasteiger partial charge in [-0.05, 0) is 12.8 Å². The van der Waals surface area contributed by atoms with E-state index >= 15 is 0 Å². The summed E-state index contributed by atoms with van der Waals surface area (Å²) in [5, 5.41) is 0. The van der Waals surface area contributed by atoms with Crippen LogP contribution in [0.15, 0.2) is 0 Å². The summed E-state index contributed by atoms with van der Waals surface area (Å²) in [4.78, 5) is 0. The van der Waals surface area contributed by atoms with E-state index in [1.807, 2.05) is 0 Å². The summed E-state index contributed by atoms with van der Waals surface area (Å²) in [7, 11) is 0. The summed E-state index contributed by atoms with van der Waals surface area (Å²) >= 11 is 5.58. The normalized spacial score (nSPS) is 13.7. The molecule has 0 bridgehead atoms. The SMILES string of the molecule is CCCOC(CC)CCl. The molecule has 1 unspecified atom stereocenters. The van der Waals surface area contributed by atoms with Crippen LogP contribution in [0.5, 0.6) is 0 Å². The van der Waals surface area contributed by atoms with E-state index in [4.69, 9.17) is 16.3 Å². The largest absolute Gasteiger partial charge is 0.377 e. The molecule has 0 aliphatic heterocycles. The molecule has 0 amide bonds. The lowest BCUT2D eigenvalue weighted by Crippen LogP contribution is -2.13. The Labute approximate surface area is 62.3 Å². The average Bonchev–Trinajstić information content (AvgIpc) is 1.91. The Morgan fingerprint density at radius 3 is 2.44 bits per heavy atom. The predicted molar refractivity (Wildman–Crippen MR) is 41.0 cm³/mol. The molecule has 1 nitrogen and oxygen atoms in total. The zero-order valence-corrected chi connectivity index (χ0v) is 6.95. The monoisotopic (exact) mass is 150 g/mol. The zero-order valence-electron chi connectivity index (χ0n) is 6.19. The Morgan fingerprint density at radius 2 is 2.11 bits per heavy atom. The molecular weight excluding hydrogens is 136 g/mol. The van der Waals surface area contributed by atoms with E-state index in [1.54, 1.807) is 0 Å². The van der Waals surface area contributed by atoms with Crippen molar-refractivity contribution in [2.24, 2.45) is 0 Å². The molecule has 0 spiro atoms. The van der Waals surface area contributed by atoms with Gasteiger partial charge in [0.15, 0.2) is 0 Å². The molecule has 1 atom stereocenters. The minimum atomic E-state index is 0.270. The number of halogens is 1. The number of hydrogen-bond donors (Lipinski definition) is 0. The number of ether oxygens (including phenoxy) is 1. The molecule has 9 heavy (non-hydrogen) atoms. The standard InChI is InChI=1S/C7H15ClO/c1-3-5-9-7(4-2)6-8/h7H,3-6H2,1-2H3. The van der Waals surface area contributed by atoms with Gasteiger partial charge in [-0.1, -0.05) is 13.8 Å². The van der Waals surface area contributed by atoms with Crippen LogP contribution in [0, 0.1) is 0 Å². The maximum atomic E-state index is 5.58. The van der Waals surface area contributed by atoms with Gasteiger partial charge in [-0.25, -0.2) is 0 Å². The van der Waals surface area contributed by atoms with Crippen molar-refractivity contribution in [3.63, 3.8) is 0 Å². The first-order chi connectivity index (χ1) is 4.35. The smallest absolute Gasteiger partial charge is 0.0707 e. The fraction of sp³-hybridized carbons (Fsp3) is 1.00. The third kappa shape index (κ3) is 4.73. The van der Waals surface area contributed by atoms with E-state index in [9.17, 15) is 0 Å². The molecule has 0 rings (SSSR count). The Bertz CT molecular complexity index is 52.9. The van der Waals surface area contributed by atoms with E-state index in [-0.39, 0.29) is 6.10 Å². The fourth-order valence-electron chi connectivity index (χ4n) is 0.556. The van der Waals surface area contributed by atoms with Crippen molar-refractivity contribution in [2.75, 3.05) is 12.5 Å². The van der Waals surface area contributed by atoms with Gasteiger partial charge in [-0.2, -0.15) is 0 Å². The summed E-state index contributed by atoms with van der Waals surface area (Å²) in [6, 6.07) is 0. The second-order valence-corrected chi connectivity index (χ2v) is 2.36. The summed E-state index contributed by atoms with van der Waals surface area (Å²) in [6.07, 6.45) is 2.36. The Hall–Kier alpha value is 0.250. The second-order valence-electron chi connectivity index (χ2n) is 2.06. The first-order valence-electron chi connectivity index (χ1n) is 3.52. The molecule has 0 saturated carbocycles. The fourth-order valence-corrected chi connectivity index (χ4v) is 0.863. The Balaban J connectivity index is 3.09. The molecule has 0 saturated heterocycles. The van der Waals surface area contributed by atoms with Crippen LogP contribution in [-0.4, -0.2) is 18.6 Å². The van der Waals surface area contributed by atoms with Crippen molar-refractivity contribution in [3.8, 4) is 0 Å². The lowest BCUT2D eigenvalue weighted by molar-refractivity contribution is 0.0665. The minimum absolute atomic E-state index is 0.270. The quantitative estimate of drug-likeness (QED) is 0.547. The van der Waals surface area contributed by atoms with Crippen LogP contribution in [0.25, 0.3) is 0 Å². The van der Waals surface area contributed by atoms with E-state index in [1.165, 1.54) is 0 Å². The lowest BCUT2D eigenvalue weighted by Gasteiger charge is -2.10. The minimum Gasteiger partial charge on any atom is -0.377 e. The highest BCUT2D eigenvalue weighted by Gasteiger charge is 2.01. The van der Waals surface area contributed by atoms with Crippen LogP contribution >= 0.6 is 11.6 Å². The molecule has 0 heterocycles. The van der Waals surface area contributed by atoms with Crippen molar-refractivity contribution in [1.29, 1.82) is 0 Å². The van der Waals surface area contributed by atoms with Gasteiger partial charge >= 0.3 is 0 Å². The van der Waals surface area contributed by atoms with Gasteiger partial charge in [-0.15, -0.1) is 11.6 Å². The number of alkyl halides is 1. The van der Waals surface area contributed by atoms with Crippen LogP contribution in [0.4, 0.5) is 0 Å². The van der Waals surface area contributed by atoms with Crippen molar-refractivity contribution < 1.29 is 4.74 Å². The molecule has 56 valence electrons. The molecule has 0 aromatic carbocycles. The first-order valence-corrected chi connectivity index (χ1v) is 4.06. The molecule has 0 radical (unpaired) electrons. The summed E-state index contributed by atoms with van der Waals surface area (Å²) in [5.41, 5.74) is 0. The van der Waals surface area contributed by atoms with E-state index < -0.39 is 0 Å². The maximum Gasteiger partial charge on any atom is 0.0707 e. The van der Waals surface area contributed by atoms with Gasteiger partial charge in [0.2, 0.25) is 0 Å². The maximum absolute atomic E-state index is 5.58. The molecule has 2 heteroatoms. The van der Waals surface area contributed by atoms with Crippen molar-refractivity contribution in [1.82, 2.24) is 0 Å². The van der Waals surface area contributed by atoms with Crippen LogP contribution < -0.4 is 0 Å². The number of hydrogen-bond acceptors (Lipinski definition) is 1. The summed E-state index contributed by atoms with van der Waals surface area (Å²) in [6.45, 7) is 5.02. The van der Waals surface area contributed by atoms with Gasteiger partial charge in [0.1, 0.15) is 0 Å². The third-order valence-corrected chi connectivity index (χ3v) is 1.53. The van der Waals surface area contributed by atoms with Crippen LogP contribution in [0.2, 0.25) is 0 Å². The van der Waals surface area contributed by atoms with Crippen molar-refractivity contribution in [2.45, 2.75) is 32.8 Å². The van der Waals surface area contributed by atoms with E-state index in [0.717, 1.165) is 19.4 Å². The highest BCUT2D eigenvalue weighted by atomic mass is 35.5. The third-order valence-electron chi connectivity index (χ3n) is 1.19. The molecule has 0 N–H and O–H groups in total. The second kappa shape index (κ2) is 6.37. The van der Waals surface area contributed by atoms with Crippen LogP contribution in [0.3, 0.4) is 0 Å². The summed E-state index contributed by atoms with van der Waals surface area (Å²) in [5.74, 6) is 0.622. The summed E-state index contributed by atoms with van der Waals surface area (Å²) < 4.78 is 5.36. The van der Waals surface area contributed by atoms with Gasteiger partial charge in [0.05, 0.1) is 6.10 Å². The highest BCUT2D eigenvalue weighted by molar-refractivity contribution is 6.18. The highest BCUT2D eigenvalue weighted by Crippen LogP contribution is 2.00. The molecule has 0 aliphatic rings. The topological polar surface area (TPSA) is 9.23 Å². The van der Waals surface area contributed by atoms with Gasteiger partial charge in [0, 0.05) is 12.5 Å². The molecule has 0 aliphatic carbocycles. The van der Waals surface area contributed by atoms with Gasteiger partial charge in [-0.3, -0.25) is 0 Å². The van der Waals surface area contributed by atoms with E-state index in [2.05, 4.69) is 13.8 Å². The van der Waals surface area contributed by atoms with Crippen LogP contribution in [-0.2, 0) is 4.74 Å². The molecule has 0 aromatic rings. The van der Waals surface area contributed by atoms with Crippen molar-refractivity contribution >= 4 is 11.6 Å². The Kier molecular flexibility index (Phi) is 6.55. The van der Waals surface area contributed by atoms with Gasteiger partial charge < -0.3 is 4.74 Å². The Morgan fingerprint density at radius 1 is 1.44 bits per heavy atom. The molecular formula is C7H15ClO. The first kappa shape index (κ1) is 9.25. The van der Waals surface area contributed by atoms with E-state index in [0.29, 0.717) is 5.88 Å². The van der Waals surface area contributed by atoms with Crippen molar-refractivity contribution in [3.05, 3.63) is 0 Å². The molecule has 0 aromatic heterocycles. The lowest BCUT2D eigenvalue weighted by atomic mass is 10.3. The van der Waals surface area contributed by atoms with Gasteiger partial charge in [0.25, 0.3) is 0 Å². The molecule has 0 fully saturated rings. The van der Waals surface area contributed by atoms with Crippen LogP contribution in [0.1, 0.15) is 26.7 Å². The average molecular weight is 151 g/mol.